The fourth-order valence-corrected chi connectivity index (χ4v) is 1.87. The van der Waals surface area contributed by atoms with E-state index in [9.17, 15) is 10.1 Å². The first kappa shape index (κ1) is 14.6. The molecule has 0 bridgehead atoms. The van der Waals surface area contributed by atoms with E-state index in [1.54, 1.807) is 6.07 Å². The maximum absolute atomic E-state index is 10.9. The molecular weight excluding hydrogens is 296 g/mol. The normalized spacial score (nSPS) is 9.76. The lowest BCUT2D eigenvalue weighted by molar-refractivity contribution is -0.385. The summed E-state index contributed by atoms with van der Waals surface area (Å²) in [5.41, 5.74) is 0.125. The Morgan fingerprint density at radius 2 is 1.90 bits per heavy atom. The van der Waals surface area contributed by atoms with Gasteiger partial charge in [0.2, 0.25) is 0 Å². The van der Waals surface area contributed by atoms with Crippen molar-refractivity contribution >= 4 is 17.3 Å². The molecule has 2 aromatic rings. The number of nitro benzene ring substituents is 1. The number of nitro groups is 1. The van der Waals surface area contributed by atoms with Gasteiger partial charge in [-0.1, -0.05) is 11.6 Å². The summed E-state index contributed by atoms with van der Waals surface area (Å²) in [6.07, 6.45) is 0. The van der Waals surface area contributed by atoms with Crippen LogP contribution >= 0.6 is 11.6 Å². The topological polar surface area (TPSA) is 85.4 Å². The average molecular weight is 305 g/mol. The number of hydrogen-bond acceptors (Lipinski definition) is 5. The van der Waals surface area contributed by atoms with Crippen LogP contribution in [0.5, 0.6) is 17.2 Å². The van der Waals surface area contributed by atoms with Crippen LogP contribution in [-0.2, 0) is 0 Å². The van der Waals surface area contributed by atoms with Crippen LogP contribution in [0, 0.1) is 21.4 Å². The van der Waals surface area contributed by atoms with Crippen LogP contribution < -0.4 is 9.47 Å². The molecule has 0 fully saturated rings. The molecule has 21 heavy (non-hydrogen) atoms. The minimum atomic E-state index is -0.558. The van der Waals surface area contributed by atoms with E-state index in [1.165, 1.54) is 37.4 Å². The maximum atomic E-state index is 10.9. The van der Waals surface area contributed by atoms with Gasteiger partial charge in [-0.2, -0.15) is 5.26 Å². The highest BCUT2D eigenvalue weighted by Crippen LogP contribution is 2.33. The van der Waals surface area contributed by atoms with E-state index in [4.69, 9.17) is 26.3 Å². The molecule has 0 heterocycles. The second kappa shape index (κ2) is 6.11. The van der Waals surface area contributed by atoms with Crippen molar-refractivity contribution in [2.45, 2.75) is 0 Å². The molecular formula is C14H9ClN2O4. The Kier molecular flexibility index (Phi) is 4.26. The molecule has 0 aromatic heterocycles. The predicted molar refractivity (Wildman–Crippen MR) is 75.9 cm³/mol. The molecule has 0 unspecified atom stereocenters. The number of nitriles is 1. The van der Waals surface area contributed by atoms with Gasteiger partial charge in [0, 0.05) is 6.07 Å². The van der Waals surface area contributed by atoms with Gasteiger partial charge in [0.15, 0.2) is 5.75 Å². The van der Waals surface area contributed by atoms with E-state index in [0.717, 1.165) is 0 Å². The summed E-state index contributed by atoms with van der Waals surface area (Å²) in [5, 5.41) is 20.0. The quantitative estimate of drug-likeness (QED) is 0.631. The second-order valence-electron chi connectivity index (χ2n) is 3.95. The van der Waals surface area contributed by atoms with Crippen molar-refractivity contribution in [2.75, 3.05) is 7.11 Å². The summed E-state index contributed by atoms with van der Waals surface area (Å²) < 4.78 is 10.4. The summed E-state index contributed by atoms with van der Waals surface area (Å²) in [5.74, 6) is 0.784. The molecule has 0 aliphatic heterocycles. The third-order valence-electron chi connectivity index (χ3n) is 2.64. The Morgan fingerprint density at radius 1 is 1.24 bits per heavy atom. The van der Waals surface area contributed by atoms with Crippen LogP contribution in [0.1, 0.15) is 5.56 Å². The van der Waals surface area contributed by atoms with E-state index < -0.39 is 4.92 Å². The van der Waals surface area contributed by atoms with E-state index in [0.29, 0.717) is 11.3 Å². The van der Waals surface area contributed by atoms with E-state index in [1.807, 2.05) is 6.07 Å². The number of benzene rings is 2. The highest BCUT2D eigenvalue weighted by atomic mass is 35.5. The maximum Gasteiger partial charge on any atom is 0.314 e. The van der Waals surface area contributed by atoms with Gasteiger partial charge >= 0.3 is 5.69 Å². The summed E-state index contributed by atoms with van der Waals surface area (Å²) in [6.45, 7) is 0. The molecule has 2 rings (SSSR count). The van der Waals surface area contributed by atoms with Crippen LogP contribution in [0.15, 0.2) is 36.4 Å². The van der Waals surface area contributed by atoms with Gasteiger partial charge in [0.1, 0.15) is 17.6 Å². The molecule has 106 valence electrons. The minimum Gasteiger partial charge on any atom is -0.490 e. The standard InChI is InChI=1S/C14H9ClN2O4/c1-20-14-5-4-11(7-13(14)17(18)19)21-10-3-2-9(8-16)12(15)6-10/h2-7H,1H3. The summed E-state index contributed by atoms with van der Waals surface area (Å²) >= 11 is 5.89. The Morgan fingerprint density at radius 3 is 2.48 bits per heavy atom. The van der Waals surface area contributed by atoms with E-state index >= 15 is 0 Å². The zero-order chi connectivity index (χ0) is 15.4. The van der Waals surface area contributed by atoms with Gasteiger partial charge in [-0.15, -0.1) is 0 Å². The van der Waals surface area contributed by atoms with Crippen molar-refractivity contribution in [3.63, 3.8) is 0 Å². The van der Waals surface area contributed by atoms with Gasteiger partial charge in [-0.25, -0.2) is 0 Å². The molecule has 7 heteroatoms. The number of nitrogens with zero attached hydrogens (tertiary/aromatic N) is 2. The zero-order valence-corrected chi connectivity index (χ0v) is 11.6. The van der Waals surface area contributed by atoms with Crippen LogP contribution in [-0.4, -0.2) is 12.0 Å². The first-order chi connectivity index (χ1) is 10.0. The van der Waals surface area contributed by atoms with Crippen LogP contribution in [0.4, 0.5) is 5.69 Å². The van der Waals surface area contributed by atoms with Crippen LogP contribution in [0.3, 0.4) is 0 Å². The molecule has 0 N–H and O–H groups in total. The van der Waals surface area contributed by atoms with Crippen molar-refractivity contribution in [2.24, 2.45) is 0 Å². The third kappa shape index (κ3) is 3.22. The smallest absolute Gasteiger partial charge is 0.314 e. The minimum absolute atomic E-state index is 0.144. The van der Waals surface area contributed by atoms with Crippen molar-refractivity contribution in [3.05, 3.63) is 57.1 Å². The lowest BCUT2D eigenvalue weighted by Crippen LogP contribution is -1.94. The summed E-state index contributed by atoms with van der Waals surface area (Å²) in [7, 11) is 1.35. The highest BCUT2D eigenvalue weighted by molar-refractivity contribution is 6.31. The molecule has 6 nitrogen and oxygen atoms in total. The molecule has 0 saturated heterocycles. The fraction of sp³-hybridized carbons (Fsp3) is 0.0714. The molecule has 0 saturated carbocycles. The van der Waals surface area contributed by atoms with Crippen LogP contribution in [0.2, 0.25) is 5.02 Å². The summed E-state index contributed by atoms with van der Waals surface area (Å²) in [6, 6.07) is 10.7. The average Bonchev–Trinajstić information content (AvgIpc) is 2.47. The molecule has 0 atom stereocenters. The van der Waals surface area contributed by atoms with Crippen molar-refractivity contribution in [1.29, 1.82) is 5.26 Å². The first-order valence-corrected chi connectivity index (χ1v) is 6.13. The van der Waals surface area contributed by atoms with Gasteiger partial charge in [0.25, 0.3) is 0 Å². The monoisotopic (exact) mass is 304 g/mol. The van der Waals surface area contributed by atoms with Gasteiger partial charge in [-0.05, 0) is 24.3 Å². The number of ether oxygens (including phenoxy) is 2. The molecule has 0 aliphatic carbocycles. The van der Waals surface area contributed by atoms with E-state index in [-0.39, 0.29) is 22.2 Å². The molecule has 2 aromatic carbocycles. The van der Waals surface area contributed by atoms with E-state index in [2.05, 4.69) is 0 Å². The lowest BCUT2D eigenvalue weighted by atomic mass is 10.2. The molecule has 0 spiro atoms. The Labute approximate surface area is 125 Å². The summed E-state index contributed by atoms with van der Waals surface area (Å²) in [4.78, 5) is 10.4. The third-order valence-corrected chi connectivity index (χ3v) is 2.96. The fourth-order valence-electron chi connectivity index (χ4n) is 1.66. The molecule has 0 radical (unpaired) electrons. The highest BCUT2D eigenvalue weighted by Gasteiger charge is 2.16. The predicted octanol–water partition coefficient (Wildman–Crippen LogP) is 3.92. The number of methoxy groups -OCH3 is 1. The zero-order valence-electron chi connectivity index (χ0n) is 10.9. The van der Waals surface area contributed by atoms with Crippen molar-refractivity contribution in [3.8, 4) is 23.3 Å². The number of hydrogen-bond donors (Lipinski definition) is 0. The Bertz CT molecular complexity index is 740. The van der Waals surface area contributed by atoms with Crippen LogP contribution in [0.25, 0.3) is 0 Å². The van der Waals surface area contributed by atoms with Crippen molar-refractivity contribution in [1.82, 2.24) is 0 Å². The molecule has 0 aliphatic rings. The Hall–Kier alpha value is -2.78. The lowest BCUT2D eigenvalue weighted by Gasteiger charge is -2.08. The van der Waals surface area contributed by atoms with Gasteiger partial charge < -0.3 is 9.47 Å². The van der Waals surface area contributed by atoms with Gasteiger partial charge in [0.05, 0.1) is 28.7 Å². The largest absolute Gasteiger partial charge is 0.490 e. The molecule has 0 amide bonds. The second-order valence-corrected chi connectivity index (χ2v) is 4.35. The SMILES string of the molecule is COc1ccc(Oc2ccc(C#N)c(Cl)c2)cc1[N+](=O)[O-]. The van der Waals surface area contributed by atoms with Gasteiger partial charge in [-0.3, -0.25) is 10.1 Å². The number of halogens is 1. The number of rotatable bonds is 4. The van der Waals surface area contributed by atoms with Crippen molar-refractivity contribution < 1.29 is 14.4 Å². The Balaban J connectivity index is 2.32. The first-order valence-electron chi connectivity index (χ1n) is 5.75.